The van der Waals surface area contributed by atoms with Crippen LogP contribution in [0, 0.1) is 6.92 Å². The summed E-state index contributed by atoms with van der Waals surface area (Å²) in [6.45, 7) is 1.95. The second-order valence-corrected chi connectivity index (χ2v) is 3.41. The van der Waals surface area contributed by atoms with Gasteiger partial charge in [0.1, 0.15) is 5.82 Å². The van der Waals surface area contributed by atoms with Crippen molar-refractivity contribution in [2.24, 2.45) is 0 Å². The van der Waals surface area contributed by atoms with E-state index in [1.807, 2.05) is 13.0 Å². The molecule has 0 aliphatic carbocycles. The minimum atomic E-state index is -0.182. The maximum absolute atomic E-state index is 11.7. The predicted molar refractivity (Wildman–Crippen MR) is 61.2 cm³/mol. The summed E-state index contributed by atoms with van der Waals surface area (Å²) in [6.07, 6.45) is 4.87. The lowest BCUT2D eigenvalue weighted by Crippen LogP contribution is -2.12. The highest BCUT2D eigenvalue weighted by Crippen LogP contribution is 2.06. The Labute approximate surface area is 93.4 Å². The zero-order valence-corrected chi connectivity index (χ0v) is 8.84. The van der Waals surface area contributed by atoms with Crippen molar-refractivity contribution in [2.75, 3.05) is 5.32 Å². The molecule has 2 aromatic heterocycles. The number of anilines is 1. The molecular weight excluding hydrogens is 202 g/mol. The first-order valence-corrected chi connectivity index (χ1v) is 4.90. The smallest absolute Gasteiger partial charge is 0.256 e. The largest absolute Gasteiger partial charge is 0.307 e. The van der Waals surface area contributed by atoms with Gasteiger partial charge in [-0.1, -0.05) is 6.07 Å². The van der Waals surface area contributed by atoms with Gasteiger partial charge >= 0.3 is 0 Å². The monoisotopic (exact) mass is 213 g/mol. The number of hydrogen-bond acceptors (Lipinski definition) is 3. The van der Waals surface area contributed by atoms with Gasteiger partial charge in [-0.25, -0.2) is 4.98 Å². The van der Waals surface area contributed by atoms with Crippen LogP contribution in [0.5, 0.6) is 0 Å². The first kappa shape index (κ1) is 10.3. The highest BCUT2D eigenvalue weighted by Gasteiger charge is 2.05. The number of pyridine rings is 2. The van der Waals surface area contributed by atoms with Crippen LogP contribution in [0.1, 0.15) is 15.9 Å². The number of hydrogen-bond donors (Lipinski definition) is 1. The molecule has 0 spiro atoms. The van der Waals surface area contributed by atoms with E-state index >= 15 is 0 Å². The number of rotatable bonds is 2. The molecule has 0 aliphatic heterocycles. The molecule has 80 valence electrons. The number of carbonyl (C=O) groups is 1. The Kier molecular flexibility index (Phi) is 2.91. The van der Waals surface area contributed by atoms with Crippen LogP contribution < -0.4 is 5.32 Å². The maximum atomic E-state index is 11.7. The highest BCUT2D eigenvalue weighted by molar-refractivity contribution is 6.03. The van der Waals surface area contributed by atoms with E-state index in [0.29, 0.717) is 11.4 Å². The van der Waals surface area contributed by atoms with Crippen molar-refractivity contribution in [3.05, 3.63) is 54.0 Å². The van der Waals surface area contributed by atoms with Crippen LogP contribution in [0.4, 0.5) is 5.82 Å². The Balaban J connectivity index is 2.11. The zero-order valence-electron chi connectivity index (χ0n) is 8.84. The molecule has 16 heavy (non-hydrogen) atoms. The number of nitrogens with one attached hydrogen (secondary N) is 1. The van der Waals surface area contributed by atoms with Crippen molar-refractivity contribution in [1.82, 2.24) is 9.97 Å². The molecule has 4 nitrogen and oxygen atoms in total. The van der Waals surface area contributed by atoms with Gasteiger partial charge in [0, 0.05) is 24.2 Å². The molecule has 2 aromatic rings. The van der Waals surface area contributed by atoms with E-state index in [4.69, 9.17) is 0 Å². The molecule has 0 atom stereocenters. The Morgan fingerprint density at radius 2 is 1.94 bits per heavy atom. The van der Waals surface area contributed by atoms with Crippen LogP contribution in [0.3, 0.4) is 0 Å². The van der Waals surface area contributed by atoms with E-state index in [1.165, 1.54) is 0 Å². The average molecular weight is 213 g/mol. The van der Waals surface area contributed by atoms with Crippen LogP contribution in [0.2, 0.25) is 0 Å². The van der Waals surface area contributed by atoms with E-state index in [-0.39, 0.29) is 5.91 Å². The SMILES string of the molecule is Cc1ccc(NC(=O)c2ccncc2)nc1. The molecule has 0 fully saturated rings. The van der Waals surface area contributed by atoms with Crippen LogP contribution in [-0.2, 0) is 0 Å². The third-order valence-electron chi connectivity index (χ3n) is 2.10. The van der Waals surface area contributed by atoms with Crippen molar-refractivity contribution in [2.45, 2.75) is 6.92 Å². The molecule has 0 aliphatic rings. The summed E-state index contributed by atoms with van der Waals surface area (Å²) in [7, 11) is 0. The lowest BCUT2D eigenvalue weighted by atomic mass is 10.2. The van der Waals surface area contributed by atoms with Crippen LogP contribution in [0.15, 0.2) is 42.9 Å². The predicted octanol–water partition coefficient (Wildman–Crippen LogP) is 2.04. The molecule has 0 radical (unpaired) electrons. The lowest BCUT2D eigenvalue weighted by molar-refractivity contribution is 0.102. The fourth-order valence-corrected chi connectivity index (χ4v) is 1.23. The second-order valence-electron chi connectivity index (χ2n) is 3.41. The summed E-state index contributed by atoms with van der Waals surface area (Å²) < 4.78 is 0. The molecule has 1 amide bonds. The maximum Gasteiger partial charge on any atom is 0.256 e. The highest BCUT2D eigenvalue weighted by atomic mass is 16.1. The molecule has 1 N–H and O–H groups in total. The summed E-state index contributed by atoms with van der Waals surface area (Å²) in [6, 6.07) is 6.98. The molecule has 0 saturated carbocycles. The summed E-state index contributed by atoms with van der Waals surface area (Å²) >= 11 is 0. The minimum Gasteiger partial charge on any atom is -0.307 e. The first-order chi connectivity index (χ1) is 7.75. The minimum absolute atomic E-state index is 0.182. The first-order valence-electron chi connectivity index (χ1n) is 4.90. The number of aryl methyl sites for hydroxylation is 1. The Bertz CT molecular complexity index is 479. The second kappa shape index (κ2) is 4.53. The third-order valence-corrected chi connectivity index (χ3v) is 2.10. The molecular formula is C12H11N3O. The number of carbonyl (C=O) groups excluding carboxylic acids is 1. The quantitative estimate of drug-likeness (QED) is 0.830. The molecule has 2 rings (SSSR count). The standard InChI is InChI=1S/C12H11N3O/c1-9-2-3-11(14-8-9)15-12(16)10-4-6-13-7-5-10/h2-8H,1H3,(H,14,15,16). The summed E-state index contributed by atoms with van der Waals surface area (Å²) in [5, 5.41) is 2.71. The molecule has 2 heterocycles. The van der Waals surface area contributed by atoms with Crippen LogP contribution >= 0.6 is 0 Å². The van der Waals surface area contributed by atoms with Crippen molar-refractivity contribution in [3.8, 4) is 0 Å². The lowest BCUT2D eigenvalue weighted by Gasteiger charge is -2.03. The van der Waals surface area contributed by atoms with E-state index in [0.717, 1.165) is 5.56 Å². The normalized spacial score (nSPS) is 9.81. The van der Waals surface area contributed by atoms with Crippen molar-refractivity contribution in [3.63, 3.8) is 0 Å². The van der Waals surface area contributed by atoms with Gasteiger partial charge < -0.3 is 5.32 Å². The molecule has 0 saturated heterocycles. The van der Waals surface area contributed by atoms with Gasteiger partial charge in [0.25, 0.3) is 5.91 Å². The van der Waals surface area contributed by atoms with Crippen LogP contribution in [-0.4, -0.2) is 15.9 Å². The van der Waals surface area contributed by atoms with Gasteiger partial charge in [-0.2, -0.15) is 0 Å². The van der Waals surface area contributed by atoms with Gasteiger partial charge in [0.2, 0.25) is 0 Å². The Morgan fingerprint density at radius 3 is 2.56 bits per heavy atom. The number of nitrogens with zero attached hydrogens (tertiary/aromatic N) is 2. The van der Waals surface area contributed by atoms with Gasteiger partial charge in [-0.05, 0) is 30.7 Å². The van der Waals surface area contributed by atoms with Crippen molar-refractivity contribution >= 4 is 11.7 Å². The van der Waals surface area contributed by atoms with E-state index in [1.54, 1.807) is 36.8 Å². The van der Waals surface area contributed by atoms with Gasteiger partial charge in [-0.3, -0.25) is 9.78 Å². The zero-order chi connectivity index (χ0) is 11.4. The van der Waals surface area contributed by atoms with Crippen molar-refractivity contribution < 1.29 is 4.79 Å². The van der Waals surface area contributed by atoms with Crippen molar-refractivity contribution in [1.29, 1.82) is 0 Å². The van der Waals surface area contributed by atoms with E-state index in [2.05, 4.69) is 15.3 Å². The van der Waals surface area contributed by atoms with Gasteiger partial charge in [0.15, 0.2) is 0 Å². The van der Waals surface area contributed by atoms with E-state index < -0.39 is 0 Å². The fraction of sp³-hybridized carbons (Fsp3) is 0.0833. The molecule has 0 unspecified atom stereocenters. The average Bonchev–Trinajstić information content (AvgIpc) is 2.33. The summed E-state index contributed by atoms with van der Waals surface area (Å²) in [5.41, 5.74) is 1.62. The molecule has 0 bridgehead atoms. The Morgan fingerprint density at radius 1 is 1.19 bits per heavy atom. The fourth-order valence-electron chi connectivity index (χ4n) is 1.23. The van der Waals surface area contributed by atoms with E-state index in [9.17, 15) is 4.79 Å². The summed E-state index contributed by atoms with van der Waals surface area (Å²) in [4.78, 5) is 19.7. The van der Waals surface area contributed by atoms with Gasteiger partial charge in [-0.15, -0.1) is 0 Å². The van der Waals surface area contributed by atoms with Crippen LogP contribution in [0.25, 0.3) is 0 Å². The van der Waals surface area contributed by atoms with Gasteiger partial charge in [0.05, 0.1) is 0 Å². The topological polar surface area (TPSA) is 54.9 Å². The Hall–Kier alpha value is -2.23. The third kappa shape index (κ3) is 2.42. The number of aromatic nitrogens is 2. The number of amides is 1. The molecule has 0 aromatic carbocycles. The molecule has 4 heteroatoms. The summed E-state index contributed by atoms with van der Waals surface area (Å²) in [5.74, 6) is 0.367.